The maximum absolute atomic E-state index is 10.9. The summed E-state index contributed by atoms with van der Waals surface area (Å²) in [7, 11) is 2.03. The summed E-state index contributed by atoms with van der Waals surface area (Å²) in [5, 5.41) is 10.9. The van der Waals surface area contributed by atoms with Crippen molar-refractivity contribution in [3.05, 3.63) is 46.1 Å². The number of nitro benzene ring substituents is 1. The quantitative estimate of drug-likeness (QED) is 0.602. The summed E-state index contributed by atoms with van der Waals surface area (Å²) in [4.78, 5) is 21.7. The zero-order valence-corrected chi connectivity index (χ0v) is 13.4. The van der Waals surface area contributed by atoms with E-state index in [1.54, 1.807) is 12.1 Å². The van der Waals surface area contributed by atoms with E-state index < -0.39 is 4.92 Å². The Kier molecular flexibility index (Phi) is 4.23. The molecule has 0 bridgehead atoms. The summed E-state index contributed by atoms with van der Waals surface area (Å²) in [5.41, 5.74) is 1.57. The molecule has 0 radical (unpaired) electrons. The third-order valence-corrected chi connectivity index (χ3v) is 4.12. The number of anilines is 1. The van der Waals surface area contributed by atoms with E-state index in [0.717, 1.165) is 24.0 Å². The van der Waals surface area contributed by atoms with Crippen molar-refractivity contribution in [1.29, 1.82) is 0 Å². The van der Waals surface area contributed by atoms with Crippen LogP contribution in [0.15, 0.2) is 30.3 Å². The van der Waals surface area contributed by atoms with E-state index in [0.29, 0.717) is 11.4 Å². The number of nitrogens with zero attached hydrogens (tertiary/aromatic N) is 4. The third kappa shape index (κ3) is 3.83. The molecule has 1 heterocycles. The lowest BCUT2D eigenvalue weighted by Gasteiger charge is -2.19. The Balaban J connectivity index is 1.87. The monoisotopic (exact) mass is 312 g/mol. The molecule has 1 aromatic heterocycles. The van der Waals surface area contributed by atoms with Gasteiger partial charge in [-0.05, 0) is 19.3 Å². The predicted molar refractivity (Wildman–Crippen MR) is 89.5 cm³/mol. The Morgan fingerprint density at radius 3 is 2.78 bits per heavy atom. The fourth-order valence-corrected chi connectivity index (χ4v) is 2.53. The van der Waals surface area contributed by atoms with E-state index in [1.165, 1.54) is 31.4 Å². The highest BCUT2D eigenvalue weighted by Gasteiger charge is 2.21. The van der Waals surface area contributed by atoms with Gasteiger partial charge in [-0.3, -0.25) is 10.1 Å². The molecule has 23 heavy (non-hydrogen) atoms. The molecule has 0 aliphatic heterocycles. The van der Waals surface area contributed by atoms with Crippen LogP contribution in [0.4, 0.5) is 11.5 Å². The number of benzene rings is 1. The number of non-ortho nitro benzene ring substituents is 1. The highest BCUT2D eigenvalue weighted by Crippen LogP contribution is 2.32. The normalized spacial score (nSPS) is 13.8. The van der Waals surface area contributed by atoms with Crippen LogP contribution in [-0.2, 0) is 0 Å². The van der Waals surface area contributed by atoms with Gasteiger partial charge in [0.2, 0.25) is 0 Å². The molecule has 6 heteroatoms. The molecule has 1 aliphatic carbocycles. The van der Waals surface area contributed by atoms with E-state index in [4.69, 9.17) is 0 Å². The van der Waals surface area contributed by atoms with Crippen molar-refractivity contribution < 1.29 is 4.92 Å². The number of hydrogen-bond donors (Lipinski definition) is 0. The number of hydrogen-bond acceptors (Lipinski definition) is 5. The van der Waals surface area contributed by atoms with Gasteiger partial charge in [-0.25, -0.2) is 9.97 Å². The minimum atomic E-state index is -0.401. The van der Waals surface area contributed by atoms with Crippen molar-refractivity contribution >= 4 is 11.5 Å². The Morgan fingerprint density at radius 1 is 1.30 bits per heavy atom. The molecule has 6 nitrogen and oxygen atoms in total. The molecule has 1 fully saturated rings. The zero-order chi connectivity index (χ0) is 16.4. The fraction of sp³-hybridized carbons (Fsp3) is 0.412. The lowest BCUT2D eigenvalue weighted by molar-refractivity contribution is -0.384. The maximum Gasteiger partial charge on any atom is 0.270 e. The van der Waals surface area contributed by atoms with E-state index in [1.807, 2.05) is 20.0 Å². The highest BCUT2D eigenvalue weighted by atomic mass is 16.6. The Labute approximate surface area is 135 Å². The molecule has 0 saturated heterocycles. The molecular weight excluding hydrogens is 292 g/mol. The SMILES string of the molecule is Cc1cc(N(C)CCC2CC2)nc(-c2cccc([N+](=O)[O-])c2)n1. The van der Waals surface area contributed by atoms with Gasteiger partial charge in [-0.2, -0.15) is 0 Å². The van der Waals surface area contributed by atoms with Gasteiger partial charge in [-0.15, -0.1) is 0 Å². The van der Waals surface area contributed by atoms with Gasteiger partial charge < -0.3 is 4.90 Å². The molecule has 0 atom stereocenters. The van der Waals surface area contributed by atoms with Crippen LogP contribution in [0.2, 0.25) is 0 Å². The van der Waals surface area contributed by atoms with Gasteiger partial charge in [-0.1, -0.05) is 25.0 Å². The van der Waals surface area contributed by atoms with Crippen molar-refractivity contribution in [1.82, 2.24) is 9.97 Å². The van der Waals surface area contributed by atoms with Crippen molar-refractivity contribution in [2.75, 3.05) is 18.5 Å². The Hall–Kier alpha value is -2.50. The fourth-order valence-electron chi connectivity index (χ4n) is 2.53. The van der Waals surface area contributed by atoms with Gasteiger partial charge in [0.25, 0.3) is 5.69 Å². The first-order chi connectivity index (χ1) is 11.0. The molecule has 1 aromatic carbocycles. The molecule has 0 spiro atoms. The molecule has 0 amide bonds. The summed E-state index contributed by atoms with van der Waals surface area (Å²) in [6, 6.07) is 8.41. The number of aromatic nitrogens is 2. The van der Waals surface area contributed by atoms with Crippen LogP contribution in [0.25, 0.3) is 11.4 Å². The lowest BCUT2D eigenvalue weighted by atomic mass is 10.2. The summed E-state index contributed by atoms with van der Waals surface area (Å²) in [6.07, 6.45) is 3.87. The molecule has 2 aromatic rings. The van der Waals surface area contributed by atoms with Crippen LogP contribution in [0.5, 0.6) is 0 Å². The molecule has 0 N–H and O–H groups in total. The van der Waals surface area contributed by atoms with Crippen LogP contribution in [0.1, 0.15) is 25.0 Å². The lowest BCUT2D eigenvalue weighted by Crippen LogP contribution is -2.20. The topological polar surface area (TPSA) is 72.2 Å². The van der Waals surface area contributed by atoms with Crippen molar-refractivity contribution in [3.8, 4) is 11.4 Å². The van der Waals surface area contributed by atoms with Gasteiger partial charge in [0.05, 0.1) is 4.92 Å². The Morgan fingerprint density at radius 2 is 2.09 bits per heavy atom. The van der Waals surface area contributed by atoms with Crippen molar-refractivity contribution in [3.63, 3.8) is 0 Å². The van der Waals surface area contributed by atoms with E-state index in [2.05, 4.69) is 14.9 Å². The molecule has 3 rings (SSSR count). The van der Waals surface area contributed by atoms with Gasteiger partial charge in [0, 0.05) is 43.0 Å². The van der Waals surface area contributed by atoms with Crippen LogP contribution < -0.4 is 4.90 Å². The second-order valence-corrected chi connectivity index (χ2v) is 6.15. The maximum atomic E-state index is 10.9. The largest absolute Gasteiger partial charge is 0.360 e. The van der Waals surface area contributed by atoms with Crippen LogP contribution in [0, 0.1) is 23.0 Å². The zero-order valence-electron chi connectivity index (χ0n) is 13.4. The standard InChI is InChI=1S/C17H20N4O2/c1-12-10-16(20(2)9-8-13-6-7-13)19-17(18-12)14-4-3-5-15(11-14)21(22)23/h3-5,10-11,13H,6-9H2,1-2H3. The summed E-state index contributed by atoms with van der Waals surface area (Å²) < 4.78 is 0. The predicted octanol–water partition coefficient (Wildman–Crippen LogP) is 3.60. The molecule has 1 aliphatic rings. The Bertz CT molecular complexity index is 728. The minimum absolute atomic E-state index is 0.0521. The highest BCUT2D eigenvalue weighted by molar-refractivity contribution is 5.61. The van der Waals surface area contributed by atoms with E-state index in [9.17, 15) is 10.1 Å². The first kappa shape index (κ1) is 15.4. The van der Waals surface area contributed by atoms with Gasteiger partial charge >= 0.3 is 0 Å². The number of rotatable bonds is 6. The average Bonchev–Trinajstić information content (AvgIpc) is 3.36. The first-order valence-corrected chi connectivity index (χ1v) is 7.84. The van der Waals surface area contributed by atoms with Gasteiger partial charge in [0.1, 0.15) is 5.82 Å². The third-order valence-electron chi connectivity index (χ3n) is 4.12. The second kappa shape index (κ2) is 6.32. The van der Waals surface area contributed by atoms with E-state index in [-0.39, 0.29) is 5.69 Å². The molecule has 1 saturated carbocycles. The molecule has 120 valence electrons. The summed E-state index contributed by atoms with van der Waals surface area (Å²) in [6.45, 7) is 2.89. The van der Waals surface area contributed by atoms with E-state index >= 15 is 0 Å². The smallest absolute Gasteiger partial charge is 0.270 e. The molecule has 0 unspecified atom stereocenters. The summed E-state index contributed by atoms with van der Waals surface area (Å²) in [5.74, 6) is 2.26. The number of nitro groups is 1. The average molecular weight is 312 g/mol. The van der Waals surface area contributed by atoms with Crippen LogP contribution in [-0.4, -0.2) is 28.5 Å². The first-order valence-electron chi connectivity index (χ1n) is 7.84. The van der Waals surface area contributed by atoms with Crippen LogP contribution >= 0.6 is 0 Å². The summed E-state index contributed by atoms with van der Waals surface area (Å²) >= 11 is 0. The second-order valence-electron chi connectivity index (χ2n) is 6.15. The number of aryl methyl sites for hydroxylation is 1. The minimum Gasteiger partial charge on any atom is -0.360 e. The van der Waals surface area contributed by atoms with Crippen LogP contribution in [0.3, 0.4) is 0 Å². The van der Waals surface area contributed by atoms with Crippen molar-refractivity contribution in [2.24, 2.45) is 5.92 Å². The van der Waals surface area contributed by atoms with Gasteiger partial charge in [0.15, 0.2) is 5.82 Å². The molecular formula is C17H20N4O2. The van der Waals surface area contributed by atoms with Crippen molar-refractivity contribution in [2.45, 2.75) is 26.2 Å².